The molecule has 0 unspecified atom stereocenters. The van der Waals surface area contributed by atoms with Gasteiger partial charge in [0.1, 0.15) is 0 Å². The van der Waals surface area contributed by atoms with Gasteiger partial charge >= 0.3 is 0 Å². The fraction of sp³-hybridized carbons (Fsp3) is 0.867. The van der Waals surface area contributed by atoms with Gasteiger partial charge in [0.2, 0.25) is 0 Å². The van der Waals surface area contributed by atoms with Gasteiger partial charge in [-0.1, -0.05) is 64.3 Å². The third kappa shape index (κ3) is 3.58. The molecule has 184 valence electrons. The van der Waals surface area contributed by atoms with Gasteiger partial charge in [0, 0.05) is 0 Å². The maximum atomic E-state index is 10.8. The van der Waals surface area contributed by atoms with E-state index in [0.717, 1.165) is 18.3 Å². The largest absolute Gasteiger partial charge is 0.412 e. The highest BCUT2D eigenvalue weighted by Crippen LogP contribution is 2.72. The molecular weight excluding hydrogens is 392 g/mol. The molecule has 4 aliphatic rings. The van der Waals surface area contributed by atoms with E-state index in [4.69, 9.17) is 0 Å². The van der Waals surface area contributed by atoms with Crippen molar-refractivity contribution in [1.82, 2.24) is 0 Å². The van der Waals surface area contributed by atoms with Gasteiger partial charge in [0.05, 0.1) is 6.10 Å². The van der Waals surface area contributed by atoms with Crippen molar-refractivity contribution >= 4 is 0 Å². The fourth-order valence-corrected chi connectivity index (χ4v) is 9.47. The number of aliphatic hydroxyl groups excluding tert-OH is 1. The third-order valence-electron chi connectivity index (χ3n) is 11.7. The van der Waals surface area contributed by atoms with Crippen LogP contribution in [0, 0.1) is 39.4 Å². The minimum absolute atomic E-state index is 0. The number of hydrogen-bond donors (Lipinski definition) is 1. The molecule has 4 rings (SSSR count). The van der Waals surface area contributed by atoms with Crippen LogP contribution in [-0.2, 0) is 0 Å². The molecule has 32 heavy (non-hydrogen) atoms. The van der Waals surface area contributed by atoms with Crippen molar-refractivity contribution in [3.8, 4) is 0 Å². The van der Waals surface area contributed by atoms with Crippen molar-refractivity contribution in [2.45, 2.75) is 126 Å². The van der Waals surface area contributed by atoms with Gasteiger partial charge in [0.15, 0.2) is 0 Å². The van der Waals surface area contributed by atoms with Crippen LogP contribution >= 0.6 is 0 Å². The Morgan fingerprint density at radius 1 is 0.969 bits per heavy atom. The molecule has 2 saturated carbocycles. The van der Waals surface area contributed by atoms with E-state index in [1.54, 1.807) is 0 Å². The molecule has 2 heteroatoms. The van der Waals surface area contributed by atoms with Crippen molar-refractivity contribution in [3.63, 3.8) is 0 Å². The minimum atomic E-state index is -0.130. The molecule has 2 nitrogen and oxygen atoms in total. The number of aliphatic hydroxyl groups is 1. The summed E-state index contributed by atoms with van der Waals surface area (Å²) in [7, 11) is 0. The first-order valence-electron chi connectivity index (χ1n) is 13.4. The Balaban J connectivity index is 0.00000289. The van der Waals surface area contributed by atoms with Gasteiger partial charge in [-0.2, -0.15) is 0 Å². The van der Waals surface area contributed by atoms with Crippen molar-refractivity contribution in [1.29, 1.82) is 0 Å². The molecule has 0 radical (unpaired) electrons. The highest BCUT2D eigenvalue weighted by Gasteiger charge is 2.63. The SMILES string of the molecule is CC(C)=CCC[C@@H](C)[C@@H]1CC[C@]2(C)C3=C(CC[C@@]12C)[C@@]1(C)CC[C@H](O)C(C)(C)[C@@H]1CC3.O. The minimum Gasteiger partial charge on any atom is -0.412 e. The van der Waals surface area contributed by atoms with Crippen LogP contribution in [0.4, 0.5) is 0 Å². The topological polar surface area (TPSA) is 51.7 Å². The van der Waals surface area contributed by atoms with E-state index in [9.17, 15) is 5.11 Å². The van der Waals surface area contributed by atoms with Crippen LogP contribution in [0.25, 0.3) is 0 Å². The maximum absolute atomic E-state index is 10.8. The highest BCUT2D eigenvalue weighted by atomic mass is 16.3. The Hall–Kier alpha value is -0.600. The predicted octanol–water partition coefficient (Wildman–Crippen LogP) is 7.65. The average Bonchev–Trinajstić information content (AvgIpc) is 2.96. The van der Waals surface area contributed by atoms with Crippen molar-refractivity contribution < 1.29 is 10.6 Å². The molecule has 0 amide bonds. The van der Waals surface area contributed by atoms with Gasteiger partial charge in [-0.05, 0) is 117 Å². The Morgan fingerprint density at radius 3 is 2.31 bits per heavy atom. The molecular formula is C30H52O2. The first-order valence-corrected chi connectivity index (χ1v) is 13.4. The van der Waals surface area contributed by atoms with Gasteiger partial charge in [0.25, 0.3) is 0 Å². The summed E-state index contributed by atoms with van der Waals surface area (Å²) < 4.78 is 0. The normalized spacial score (nSPS) is 43.5. The number of hydrogen-bond acceptors (Lipinski definition) is 1. The van der Waals surface area contributed by atoms with Crippen LogP contribution in [-0.4, -0.2) is 16.7 Å². The van der Waals surface area contributed by atoms with E-state index < -0.39 is 0 Å². The summed E-state index contributed by atoms with van der Waals surface area (Å²) in [5, 5.41) is 10.8. The molecule has 7 atom stereocenters. The van der Waals surface area contributed by atoms with E-state index in [0.29, 0.717) is 22.2 Å². The molecule has 0 spiro atoms. The maximum Gasteiger partial charge on any atom is 0.0594 e. The Labute approximate surface area is 198 Å². The monoisotopic (exact) mass is 444 g/mol. The third-order valence-corrected chi connectivity index (χ3v) is 11.7. The quantitative estimate of drug-likeness (QED) is 0.445. The summed E-state index contributed by atoms with van der Waals surface area (Å²) in [6, 6.07) is 0. The van der Waals surface area contributed by atoms with Crippen LogP contribution in [0.5, 0.6) is 0 Å². The Kier molecular flexibility index (Phi) is 6.96. The van der Waals surface area contributed by atoms with Gasteiger partial charge in [-0.3, -0.25) is 0 Å². The van der Waals surface area contributed by atoms with E-state index in [2.05, 4.69) is 61.5 Å². The second-order valence-electron chi connectivity index (χ2n) is 13.6. The summed E-state index contributed by atoms with van der Waals surface area (Å²) in [5.41, 5.74) is 6.41. The molecule has 4 aliphatic carbocycles. The predicted molar refractivity (Wildman–Crippen MR) is 136 cm³/mol. The van der Waals surface area contributed by atoms with Crippen LogP contribution in [0.3, 0.4) is 0 Å². The van der Waals surface area contributed by atoms with Crippen LogP contribution < -0.4 is 0 Å². The second-order valence-corrected chi connectivity index (χ2v) is 13.6. The smallest absolute Gasteiger partial charge is 0.0594 e. The Bertz CT molecular complexity index is 772. The molecule has 2 fully saturated rings. The molecule has 0 aromatic carbocycles. The summed E-state index contributed by atoms with van der Waals surface area (Å²) in [4.78, 5) is 0. The molecule has 0 saturated heterocycles. The number of rotatable bonds is 4. The molecule has 0 aliphatic heterocycles. The van der Waals surface area contributed by atoms with Crippen molar-refractivity contribution in [2.75, 3.05) is 0 Å². The van der Waals surface area contributed by atoms with Crippen LogP contribution in [0.2, 0.25) is 0 Å². The van der Waals surface area contributed by atoms with Gasteiger partial charge in [-0.15, -0.1) is 0 Å². The summed E-state index contributed by atoms with van der Waals surface area (Å²) >= 11 is 0. The lowest BCUT2D eigenvalue weighted by atomic mass is 9.43. The summed E-state index contributed by atoms with van der Waals surface area (Å²) in [6.45, 7) is 19.6. The molecule has 0 bridgehead atoms. The molecule has 0 aromatic rings. The first kappa shape index (κ1) is 26.0. The lowest BCUT2D eigenvalue weighted by Gasteiger charge is -2.62. The van der Waals surface area contributed by atoms with Crippen molar-refractivity contribution in [2.24, 2.45) is 39.4 Å². The second kappa shape index (κ2) is 8.56. The summed E-state index contributed by atoms with van der Waals surface area (Å²) in [5.74, 6) is 2.32. The van der Waals surface area contributed by atoms with E-state index in [1.165, 1.54) is 63.4 Å². The lowest BCUT2D eigenvalue weighted by Crippen LogP contribution is -2.55. The van der Waals surface area contributed by atoms with Gasteiger partial charge < -0.3 is 10.6 Å². The summed E-state index contributed by atoms with van der Waals surface area (Å²) in [6.07, 6.45) is 15.2. The zero-order chi connectivity index (χ0) is 22.8. The number of fused-ring (bicyclic) bond motifs is 4. The number of allylic oxidation sites excluding steroid dienone is 4. The van der Waals surface area contributed by atoms with Crippen molar-refractivity contribution in [3.05, 3.63) is 22.8 Å². The van der Waals surface area contributed by atoms with E-state index in [-0.39, 0.29) is 17.0 Å². The molecule has 0 heterocycles. The lowest BCUT2D eigenvalue weighted by molar-refractivity contribution is -0.0962. The standard InChI is InChI=1S/C30H50O.H2O/c1-20(2)10-9-11-21(3)22-14-18-30(8)24-12-13-25-27(4,5)26(31)16-17-28(25,6)23(24)15-19-29(22,30)7;/h10,21-22,25-26,31H,9,11-19H2,1-8H3;1H2/t21-,22+,25+,26+,28-,29+,30-;/m1./s1. The van der Waals surface area contributed by atoms with Crippen LogP contribution in [0.15, 0.2) is 22.8 Å². The average molecular weight is 445 g/mol. The van der Waals surface area contributed by atoms with Crippen LogP contribution in [0.1, 0.15) is 120 Å². The Morgan fingerprint density at radius 2 is 1.66 bits per heavy atom. The molecule has 3 N–H and O–H groups in total. The molecule has 0 aromatic heterocycles. The van der Waals surface area contributed by atoms with Gasteiger partial charge in [-0.25, -0.2) is 0 Å². The first-order chi connectivity index (χ1) is 14.4. The zero-order valence-corrected chi connectivity index (χ0v) is 22.4. The van der Waals surface area contributed by atoms with E-state index in [1.807, 2.05) is 11.1 Å². The zero-order valence-electron chi connectivity index (χ0n) is 22.4. The van der Waals surface area contributed by atoms with E-state index >= 15 is 0 Å². The fourth-order valence-electron chi connectivity index (χ4n) is 9.47. The highest BCUT2D eigenvalue weighted by molar-refractivity contribution is 5.38.